The summed E-state index contributed by atoms with van der Waals surface area (Å²) >= 11 is 6.15. The molecule has 0 bridgehead atoms. The van der Waals surface area contributed by atoms with Crippen molar-refractivity contribution in [2.75, 3.05) is 23.0 Å². The van der Waals surface area contributed by atoms with Gasteiger partial charge in [0, 0.05) is 19.8 Å². The molecular formula is C20H23ClN4O5S. The number of benzene rings is 2. The van der Waals surface area contributed by atoms with Gasteiger partial charge in [-0.25, -0.2) is 13.2 Å². The number of ether oxygens (including phenoxy) is 1. The third-order valence-electron chi connectivity index (χ3n) is 5.02. The van der Waals surface area contributed by atoms with Gasteiger partial charge in [-0.15, -0.1) is 0 Å². The van der Waals surface area contributed by atoms with E-state index in [-0.39, 0.29) is 16.4 Å². The molecule has 0 radical (unpaired) electrons. The number of nitrogens with zero attached hydrogens (tertiary/aromatic N) is 3. The Bertz CT molecular complexity index is 1330. The fraction of sp³-hybridized carbons (Fsp3) is 0.300. The van der Waals surface area contributed by atoms with Gasteiger partial charge in [0.1, 0.15) is 11.8 Å². The summed E-state index contributed by atoms with van der Waals surface area (Å²) in [7, 11) is 0.937. The summed E-state index contributed by atoms with van der Waals surface area (Å²) in [5.74, 6) is -0.157. The third-order valence-corrected chi connectivity index (χ3v) is 6.55. The molecule has 31 heavy (non-hydrogen) atoms. The average Bonchev–Trinajstić information content (AvgIpc) is 2.91. The van der Waals surface area contributed by atoms with Gasteiger partial charge in [0.15, 0.2) is 0 Å². The Labute approximate surface area is 184 Å². The zero-order chi connectivity index (χ0) is 23.1. The number of aromatic nitrogens is 2. The lowest BCUT2D eigenvalue weighted by atomic mass is 10.2. The van der Waals surface area contributed by atoms with Crippen molar-refractivity contribution in [1.82, 2.24) is 9.13 Å². The van der Waals surface area contributed by atoms with E-state index in [9.17, 15) is 18.0 Å². The molecule has 1 aromatic heterocycles. The first-order valence-corrected chi connectivity index (χ1v) is 11.5. The number of rotatable bonds is 6. The highest BCUT2D eigenvalue weighted by atomic mass is 35.5. The van der Waals surface area contributed by atoms with Crippen LogP contribution in [0.3, 0.4) is 0 Å². The van der Waals surface area contributed by atoms with Crippen LogP contribution in [0.1, 0.15) is 6.92 Å². The molecule has 1 heterocycles. The highest BCUT2D eigenvalue weighted by Gasteiger charge is 2.30. The highest BCUT2D eigenvalue weighted by molar-refractivity contribution is 7.92. The van der Waals surface area contributed by atoms with Crippen molar-refractivity contribution < 1.29 is 17.9 Å². The van der Waals surface area contributed by atoms with E-state index in [4.69, 9.17) is 16.3 Å². The molecule has 11 heteroatoms. The van der Waals surface area contributed by atoms with E-state index in [1.165, 1.54) is 41.4 Å². The van der Waals surface area contributed by atoms with Gasteiger partial charge in [-0.2, -0.15) is 0 Å². The number of fused-ring (bicyclic) bond motifs is 1. The van der Waals surface area contributed by atoms with E-state index in [0.717, 1.165) is 10.6 Å². The number of sulfonamides is 1. The summed E-state index contributed by atoms with van der Waals surface area (Å²) in [6.45, 7) is 1.48. The van der Waals surface area contributed by atoms with E-state index < -0.39 is 22.0 Å². The molecule has 0 unspecified atom stereocenters. The number of hydrogen-bond donors (Lipinski definition) is 1. The minimum absolute atomic E-state index is 0.188. The fourth-order valence-corrected chi connectivity index (χ4v) is 4.85. The number of aryl methyl sites for hydroxylation is 2. The smallest absolute Gasteiger partial charge is 0.328 e. The zero-order valence-electron chi connectivity index (χ0n) is 17.7. The molecule has 0 spiro atoms. The molecule has 9 nitrogen and oxygen atoms in total. The molecule has 166 valence electrons. The van der Waals surface area contributed by atoms with Gasteiger partial charge in [-0.05, 0) is 43.3 Å². The second kappa shape index (κ2) is 8.27. The summed E-state index contributed by atoms with van der Waals surface area (Å²) in [6, 6.07) is 8.43. The van der Waals surface area contributed by atoms with Crippen LogP contribution in [0.25, 0.3) is 11.0 Å². The second-order valence-corrected chi connectivity index (χ2v) is 9.41. The minimum atomic E-state index is -3.81. The fourth-order valence-electron chi connectivity index (χ4n) is 3.43. The quantitative estimate of drug-likeness (QED) is 0.600. The molecule has 0 saturated heterocycles. The lowest BCUT2D eigenvalue weighted by Gasteiger charge is -2.28. The molecule has 0 fully saturated rings. The van der Waals surface area contributed by atoms with Crippen LogP contribution in [0.5, 0.6) is 5.75 Å². The largest absolute Gasteiger partial charge is 0.495 e. The predicted molar refractivity (Wildman–Crippen MR) is 122 cm³/mol. The molecule has 0 aliphatic rings. The van der Waals surface area contributed by atoms with E-state index in [2.05, 4.69) is 5.32 Å². The van der Waals surface area contributed by atoms with Crippen LogP contribution in [-0.2, 0) is 28.9 Å². The Morgan fingerprint density at radius 1 is 1.13 bits per heavy atom. The summed E-state index contributed by atoms with van der Waals surface area (Å²) in [5.41, 5.74) is 1.83. The number of carbonyl (C=O) groups excluding carboxylic acids is 1. The Balaban J connectivity index is 1.94. The van der Waals surface area contributed by atoms with Crippen molar-refractivity contribution in [1.29, 1.82) is 0 Å². The molecule has 0 saturated carbocycles. The number of nitrogens with one attached hydrogen (secondary N) is 1. The lowest BCUT2D eigenvalue weighted by molar-refractivity contribution is -0.116. The second-order valence-electron chi connectivity index (χ2n) is 7.15. The third kappa shape index (κ3) is 4.26. The molecule has 1 atom stereocenters. The van der Waals surface area contributed by atoms with Gasteiger partial charge in [0.25, 0.3) is 0 Å². The maximum Gasteiger partial charge on any atom is 0.328 e. The normalized spacial score (nSPS) is 12.6. The summed E-state index contributed by atoms with van der Waals surface area (Å²) in [6.07, 6.45) is 1.01. The van der Waals surface area contributed by atoms with Gasteiger partial charge in [0.2, 0.25) is 15.9 Å². The van der Waals surface area contributed by atoms with Crippen molar-refractivity contribution in [2.45, 2.75) is 13.0 Å². The number of halogens is 1. The molecule has 1 N–H and O–H groups in total. The lowest BCUT2D eigenvalue weighted by Crippen LogP contribution is -2.45. The summed E-state index contributed by atoms with van der Waals surface area (Å²) in [4.78, 5) is 25.0. The molecule has 3 rings (SSSR count). The van der Waals surface area contributed by atoms with Crippen LogP contribution in [0.15, 0.2) is 41.2 Å². The van der Waals surface area contributed by atoms with Gasteiger partial charge < -0.3 is 10.1 Å². The first-order valence-electron chi connectivity index (χ1n) is 9.25. The summed E-state index contributed by atoms with van der Waals surface area (Å²) < 4.78 is 34.0. The van der Waals surface area contributed by atoms with Crippen LogP contribution in [0.2, 0.25) is 5.02 Å². The molecule has 1 amide bonds. The van der Waals surface area contributed by atoms with Gasteiger partial charge in [-0.1, -0.05) is 11.6 Å². The number of amides is 1. The van der Waals surface area contributed by atoms with E-state index in [1.54, 1.807) is 32.3 Å². The van der Waals surface area contributed by atoms with Gasteiger partial charge in [0.05, 0.1) is 35.1 Å². The maximum absolute atomic E-state index is 12.9. The van der Waals surface area contributed by atoms with Crippen LogP contribution < -0.4 is 20.0 Å². The zero-order valence-corrected chi connectivity index (χ0v) is 19.3. The number of methoxy groups -OCH3 is 1. The van der Waals surface area contributed by atoms with Crippen molar-refractivity contribution >= 4 is 49.9 Å². The Morgan fingerprint density at radius 3 is 2.35 bits per heavy atom. The molecule has 3 aromatic rings. The molecule has 2 aromatic carbocycles. The van der Waals surface area contributed by atoms with Crippen molar-refractivity contribution in [3.05, 3.63) is 51.9 Å². The first-order chi connectivity index (χ1) is 14.5. The predicted octanol–water partition coefficient (Wildman–Crippen LogP) is 2.33. The number of anilines is 2. The Kier molecular flexibility index (Phi) is 6.06. The van der Waals surface area contributed by atoms with Crippen LogP contribution >= 0.6 is 11.6 Å². The Morgan fingerprint density at radius 2 is 1.77 bits per heavy atom. The SMILES string of the molecule is COc1ccc(N([C@H](C)C(=O)Nc2ccc3c(c2)n(C)c(=O)n3C)S(C)(=O)=O)cc1Cl. The van der Waals surface area contributed by atoms with Crippen molar-refractivity contribution in [2.24, 2.45) is 14.1 Å². The molecule has 0 aliphatic heterocycles. The van der Waals surface area contributed by atoms with Gasteiger partial charge >= 0.3 is 5.69 Å². The Hall–Kier alpha value is -2.98. The number of hydrogen-bond acceptors (Lipinski definition) is 5. The monoisotopic (exact) mass is 466 g/mol. The van der Waals surface area contributed by atoms with E-state index in [0.29, 0.717) is 22.5 Å². The topological polar surface area (TPSA) is 103 Å². The van der Waals surface area contributed by atoms with Crippen LogP contribution in [0, 0.1) is 0 Å². The van der Waals surface area contributed by atoms with Gasteiger partial charge in [-0.3, -0.25) is 18.2 Å². The maximum atomic E-state index is 12.9. The first kappa shape index (κ1) is 22.7. The standard InChI is InChI=1S/C20H23ClN4O5S/c1-12(25(31(5,28)29)14-7-9-18(30-4)15(21)11-14)19(26)22-13-6-8-16-17(10-13)24(3)20(27)23(16)2/h6-12H,1-5H3,(H,22,26)/t12-/m1/s1. The number of imidazole rings is 1. The molecular weight excluding hydrogens is 444 g/mol. The summed E-state index contributed by atoms with van der Waals surface area (Å²) in [5, 5.41) is 2.94. The highest BCUT2D eigenvalue weighted by Crippen LogP contribution is 2.31. The minimum Gasteiger partial charge on any atom is -0.495 e. The molecule has 0 aliphatic carbocycles. The van der Waals surface area contributed by atoms with Crippen molar-refractivity contribution in [3.63, 3.8) is 0 Å². The van der Waals surface area contributed by atoms with E-state index >= 15 is 0 Å². The van der Waals surface area contributed by atoms with Crippen LogP contribution in [-0.4, -0.2) is 42.9 Å². The number of carbonyl (C=O) groups is 1. The van der Waals surface area contributed by atoms with Crippen LogP contribution in [0.4, 0.5) is 11.4 Å². The van der Waals surface area contributed by atoms with Crippen molar-refractivity contribution in [3.8, 4) is 5.75 Å². The van der Waals surface area contributed by atoms with E-state index in [1.807, 2.05) is 0 Å². The average molecular weight is 467 g/mol.